The highest BCUT2D eigenvalue weighted by atomic mass is 35.5. The number of hydrogen-bond acceptors (Lipinski definition) is 2. The van der Waals surface area contributed by atoms with E-state index >= 15 is 0 Å². The molecule has 16 heavy (non-hydrogen) atoms. The van der Waals surface area contributed by atoms with Crippen molar-refractivity contribution in [2.75, 3.05) is 19.1 Å². The number of thioether (sulfide) groups is 1. The van der Waals surface area contributed by atoms with Crippen LogP contribution in [-0.2, 0) is 4.79 Å². The first kappa shape index (κ1) is 13.4. The molecule has 0 heterocycles. The lowest BCUT2D eigenvalue weighted by Gasteiger charge is -2.25. The van der Waals surface area contributed by atoms with Crippen LogP contribution in [0.3, 0.4) is 0 Å². The highest BCUT2D eigenvalue weighted by Gasteiger charge is 2.16. The van der Waals surface area contributed by atoms with Gasteiger partial charge in [0.25, 0.3) is 0 Å². The van der Waals surface area contributed by atoms with Crippen LogP contribution < -0.4 is 0 Å². The predicted molar refractivity (Wildman–Crippen MR) is 71.0 cm³/mol. The molecule has 0 saturated heterocycles. The van der Waals surface area contributed by atoms with Crippen LogP contribution in [0.25, 0.3) is 0 Å². The van der Waals surface area contributed by atoms with Gasteiger partial charge in [-0.25, -0.2) is 0 Å². The summed E-state index contributed by atoms with van der Waals surface area (Å²) in [6.07, 6.45) is 1.93. The molecule has 0 fully saturated rings. The van der Waals surface area contributed by atoms with Crippen LogP contribution in [0.1, 0.15) is 18.5 Å². The Kier molecular flexibility index (Phi) is 5.16. The van der Waals surface area contributed by atoms with Crippen molar-refractivity contribution in [2.45, 2.75) is 13.0 Å². The zero-order valence-corrected chi connectivity index (χ0v) is 11.3. The van der Waals surface area contributed by atoms with E-state index in [-0.39, 0.29) is 11.9 Å². The minimum Gasteiger partial charge on any atom is -0.338 e. The molecule has 1 aromatic carbocycles. The van der Waals surface area contributed by atoms with Crippen molar-refractivity contribution < 1.29 is 4.79 Å². The highest BCUT2D eigenvalue weighted by molar-refractivity contribution is 7.99. The quantitative estimate of drug-likeness (QED) is 0.826. The predicted octanol–water partition coefficient (Wildman–Crippen LogP) is 3.22. The van der Waals surface area contributed by atoms with Gasteiger partial charge in [0.15, 0.2) is 0 Å². The van der Waals surface area contributed by atoms with Gasteiger partial charge in [0.1, 0.15) is 0 Å². The van der Waals surface area contributed by atoms with Gasteiger partial charge in [-0.15, -0.1) is 0 Å². The maximum absolute atomic E-state index is 11.7. The standard InChI is InChI=1S/C12H16ClNOS/c1-9(14(2)12(15)8-16-3)10-5-4-6-11(13)7-10/h4-7,9H,8H2,1-3H3. The molecule has 0 aliphatic heterocycles. The van der Waals surface area contributed by atoms with Crippen molar-refractivity contribution in [3.63, 3.8) is 0 Å². The van der Waals surface area contributed by atoms with Gasteiger partial charge in [-0.3, -0.25) is 4.79 Å². The monoisotopic (exact) mass is 257 g/mol. The van der Waals surface area contributed by atoms with Crippen LogP contribution in [0, 0.1) is 0 Å². The van der Waals surface area contributed by atoms with Gasteiger partial charge < -0.3 is 4.90 Å². The fourth-order valence-corrected chi connectivity index (χ4v) is 2.08. The molecule has 0 spiro atoms. The van der Waals surface area contributed by atoms with Crippen molar-refractivity contribution >= 4 is 29.3 Å². The third kappa shape index (κ3) is 3.42. The largest absolute Gasteiger partial charge is 0.338 e. The average Bonchev–Trinajstić information content (AvgIpc) is 2.27. The molecule has 0 radical (unpaired) electrons. The molecule has 0 aliphatic carbocycles. The summed E-state index contributed by atoms with van der Waals surface area (Å²) in [5.74, 6) is 0.654. The summed E-state index contributed by atoms with van der Waals surface area (Å²) < 4.78 is 0. The van der Waals surface area contributed by atoms with Crippen molar-refractivity contribution in [2.24, 2.45) is 0 Å². The van der Waals surface area contributed by atoms with E-state index < -0.39 is 0 Å². The Hall–Kier alpha value is -0.670. The molecular weight excluding hydrogens is 242 g/mol. The number of rotatable bonds is 4. The molecule has 1 atom stereocenters. The van der Waals surface area contributed by atoms with Crippen molar-refractivity contribution in [1.29, 1.82) is 0 Å². The first-order chi connectivity index (χ1) is 7.56. The fourth-order valence-electron chi connectivity index (χ4n) is 1.43. The van der Waals surface area contributed by atoms with E-state index in [0.29, 0.717) is 10.8 Å². The van der Waals surface area contributed by atoms with Crippen LogP contribution in [-0.4, -0.2) is 29.9 Å². The second-order valence-corrected chi connectivity index (χ2v) is 4.97. The molecule has 0 N–H and O–H groups in total. The van der Waals surface area contributed by atoms with Crippen LogP contribution in [0.5, 0.6) is 0 Å². The lowest BCUT2D eigenvalue weighted by molar-refractivity contribution is -0.128. The summed E-state index contributed by atoms with van der Waals surface area (Å²) in [6, 6.07) is 7.68. The fraction of sp³-hybridized carbons (Fsp3) is 0.417. The Balaban J connectivity index is 2.77. The SMILES string of the molecule is CSCC(=O)N(C)C(C)c1cccc(Cl)c1. The molecule has 1 unspecified atom stereocenters. The van der Waals surface area contributed by atoms with Gasteiger partial charge in [0, 0.05) is 12.1 Å². The number of hydrogen-bond donors (Lipinski definition) is 0. The van der Waals surface area contributed by atoms with E-state index in [9.17, 15) is 4.79 Å². The summed E-state index contributed by atoms with van der Waals surface area (Å²) in [4.78, 5) is 13.5. The summed E-state index contributed by atoms with van der Waals surface area (Å²) in [6.45, 7) is 2.00. The number of carbonyl (C=O) groups excluding carboxylic acids is 1. The molecule has 0 bridgehead atoms. The molecule has 0 aromatic heterocycles. The molecule has 1 aromatic rings. The number of benzene rings is 1. The van der Waals surface area contributed by atoms with E-state index in [2.05, 4.69) is 0 Å². The zero-order valence-electron chi connectivity index (χ0n) is 9.74. The number of halogens is 1. The van der Waals surface area contributed by atoms with E-state index in [1.54, 1.807) is 4.90 Å². The Labute approximate surface area is 106 Å². The van der Waals surface area contributed by atoms with Crippen LogP contribution in [0.2, 0.25) is 5.02 Å². The topological polar surface area (TPSA) is 20.3 Å². The maximum atomic E-state index is 11.7. The zero-order chi connectivity index (χ0) is 12.1. The van der Waals surface area contributed by atoms with Gasteiger partial charge in [-0.1, -0.05) is 23.7 Å². The second kappa shape index (κ2) is 6.16. The minimum atomic E-state index is 0.0540. The summed E-state index contributed by atoms with van der Waals surface area (Å²) in [5.41, 5.74) is 1.06. The maximum Gasteiger partial charge on any atom is 0.232 e. The molecule has 4 heteroatoms. The van der Waals surface area contributed by atoms with Gasteiger partial charge >= 0.3 is 0 Å². The van der Waals surface area contributed by atoms with Crippen LogP contribution >= 0.6 is 23.4 Å². The van der Waals surface area contributed by atoms with Crippen molar-refractivity contribution in [1.82, 2.24) is 4.90 Å². The number of nitrogens with zero attached hydrogens (tertiary/aromatic N) is 1. The van der Waals surface area contributed by atoms with Gasteiger partial charge in [0.2, 0.25) is 5.91 Å². The van der Waals surface area contributed by atoms with Gasteiger partial charge in [-0.2, -0.15) is 11.8 Å². The van der Waals surface area contributed by atoms with Crippen LogP contribution in [0.4, 0.5) is 0 Å². The first-order valence-corrected chi connectivity index (χ1v) is 6.83. The summed E-state index contributed by atoms with van der Waals surface area (Å²) in [7, 11) is 1.82. The van der Waals surface area contributed by atoms with Gasteiger partial charge in [0.05, 0.1) is 11.8 Å². The number of amides is 1. The van der Waals surface area contributed by atoms with Gasteiger partial charge in [-0.05, 0) is 30.9 Å². The third-order valence-corrected chi connectivity index (χ3v) is 3.34. The third-order valence-electron chi connectivity index (χ3n) is 2.57. The Bertz CT molecular complexity index is 370. The average molecular weight is 258 g/mol. The van der Waals surface area contributed by atoms with E-state index in [1.807, 2.05) is 44.5 Å². The van der Waals surface area contributed by atoms with E-state index in [4.69, 9.17) is 11.6 Å². The van der Waals surface area contributed by atoms with Crippen molar-refractivity contribution in [3.05, 3.63) is 34.9 Å². The van der Waals surface area contributed by atoms with E-state index in [0.717, 1.165) is 5.56 Å². The van der Waals surface area contributed by atoms with Crippen molar-refractivity contribution in [3.8, 4) is 0 Å². The molecule has 0 saturated carbocycles. The normalized spacial score (nSPS) is 12.2. The Morgan fingerprint density at radius 2 is 2.25 bits per heavy atom. The smallest absolute Gasteiger partial charge is 0.232 e. The second-order valence-electron chi connectivity index (χ2n) is 3.67. The Morgan fingerprint density at radius 1 is 1.56 bits per heavy atom. The highest BCUT2D eigenvalue weighted by Crippen LogP contribution is 2.22. The molecule has 1 rings (SSSR count). The lowest BCUT2D eigenvalue weighted by Crippen LogP contribution is -2.30. The first-order valence-electron chi connectivity index (χ1n) is 5.06. The summed E-state index contributed by atoms with van der Waals surface area (Å²) >= 11 is 7.46. The lowest BCUT2D eigenvalue weighted by atomic mass is 10.1. The van der Waals surface area contributed by atoms with E-state index in [1.165, 1.54) is 11.8 Å². The molecular formula is C12H16ClNOS. The minimum absolute atomic E-state index is 0.0540. The molecule has 0 aliphatic rings. The molecule has 2 nitrogen and oxygen atoms in total. The van der Waals surface area contributed by atoms with Crippen LogP contribution in [0.15, 0.2) is 24.3 Å². The summed E-state index contributed by atoms with van der Waals surface area (Å²) in [5, 5.41) is 0.704. The number of carbonyl (C=O) groups is 1. The molecule has 1 amide bonds. The Morgan fingerprint density at radius 3 is 2.81 bits per heavy atom. The molecule has 88 valence electrons.